The SMILES string of the molecule is COc1ccc(CNC(=O)C2(CN)CC2)cn1. The maximum Gasteiger partial charge on any atom is 0.227 e. The Balaban J connectivity index is 1.87. The fourth-order valence-corrected chi connectivity index (χ4v) is 1.68. The van der Waals surface area contributed by atoms with Gasteiger partial charge in [-0.1, -0.05) is 6.07 Å². The van der Waals surface area contributed by atoms with Crippen LogP contribution in [0, 0.1) is 5.41 Å². The molecule has 92 valence electrons. The van der Waals surface area contributed by atoms with Gasteiger partial charge in [-0.05, 0) is 18.4 Å². The first-order valence-corrected chi connectivity index (χ1v) is 5.67. The summed E-state index contributed by atoms with van der Waals surface area (Å²) in [4.78, 5) is 15.9. The highest BCUT2D eigenvalue weighted by Crippen LogP contribution is 2.44. The second-order valence-corrected chi connectivity index (χ2v) is 4.38. The van der Waals surface area contributed by atoms with Crippen molar-refractivity contribution in [2.24, 2.45) is 11.1 Å². The van der Waals surface area contributed by atoms with E-state index in [0.29, 0.717) is 19.0 Å². The van der Waals surface area contributed by atoms with Gasteiger partial charge in [-0.3, -0.25) is 4.79 Å². The van der Waals surface area contributed by atoms with Crippen LogP contribution in [0.1, 0.15) is 18.4 Å². The predicted molar refractivity (Wildman–Crippen MR) is 63.4 cm³/mol. The number of pyridine rings is 1. The molecule has 0 spiro atoms. The molecule has 0 radical (unpaired) electrons. The van der Waals surface area contributed by atoms with Crippen molar-refractivity contribution in [1.82, 2.24) is 10.3 Å². The van der Waals surface area contributed by atoms with E-state index in [2.05, 4.69) is 10.3 Å². The summed E-state index contributed by atoms with van der Waals surface area (Å²) >= 11 is 0. The topological polar surface area (TPSA) is 77.2 Å². The van der Waals surface area contributed by atoms with Crippen LogP contribution in [0.4, 0.5) is 0 Å². The summed E-state index contributed by atoms with van der Waals surface area (Å²) < 4.78 is 4.96. The zero-order valence-electron chi connectivity index (χ0n) is 9.90. The van der Waals surface area contributed by atoms with Crippen molar-refractivity contribution in [3.8, 4) is 5.88 Å². The van der Waals surface area contributed by atoms with Crippen LogP contribution < -0.4 is 15.8 Å². The molecular formula is C12H17N3O2. The third-order valence-electron chi connectivity index (χ3n) is 3.19. The molecule has 2 rings (SSSR count). The van der Waals surface area contributed by atoms with Crippen molar-refractivity contribution < 1.29 is 9.53 Å². The fourth-order valence-electron chi connectivity index (χ4n) is 1.68. The van der Waals surface area contributed by atoms with E-state index >= 15 is 0 Å². The Labute approximate surface area is 100 Å². The minimum Gasteiger partial charge on any atom is -0.481 e. The fraction of sp³-hybridized carbons (Fsp3) is 0.500. The van der Waals surface area contributed by atoms with Crippen molar-refractivity contribution in [2.75, 3.05) is 13.7 Å². The number of rotatable bonds is 5. The highest BCUT2D eigenvalue weighted by Gasteiger charge is 2.48. The molecule has 5 nitrogen and oxygen atoms in total. The van der Waals surface area contributed by atoms with Gasteiger partial charge in [0, 0.05) is 25.4 Å². The molecule has 3 N–H and O–H groups in total. The van der Waals surface area contributed by atoms with Gasteiger partial charge in [-0.15, -0.1) is 0 Å². The van der Waals surface area contributed by atoms with E-state index in [1.54, 1.807) is 19.4 Å². The van der Waals surface area contributed by atoms with Crippen molar-refractivity contribution in [1.29, 1.82) is 0 Å². The Kier molecular flexibility index (Phi) is 3.28. The number of hydrogen-bond acceptors (Lipinski definition) is 4. The molecule has 1 fully saturated rings. The summed E-state index contributed by atoms with van der Waals surface area (Å²) in [6.07, 6.45) is 3.49. The normalized spacial score (nSPS) is 16.4. The maximum absolute atomic E-state index is 11.8. The van der Waals surface area contributed by atoms with Crippen molar-refractivity contribution in [3.05, 3.63) is 23.9 Å². The minimum atomic E-state index is -0.292. The molecule has 1 amide bonds. The van der Waals surface area contributed by atoms with E-state index in [4.69, 9.17) is 10.5 Å². The molecule has 17 heavy (non-hydrogen) atoms. The number of carbonyl (C=O) groups excluding carboxylic acids is 1. The highest BCUT2D eigenvalue weighted by molar-refractivity contribution is 5.85. The van der Waals surface area contributed by atoms with Crippen molar-refractivity contribution in [2.45, 2.75) is 19.4 Å². The van der Waals surface area contributed by atoms with Gasteiger partial charge in [0.1, 0.15) is 0 Å². The Morgan fingerprint density at radius 1 is 1.59 bits per heavy atom. The summed E-state index contributed by atoms with van der Waals surface area (Å²) in [5.74, 6) is 0.622. The third kappa shape index (κ3) is 2.55. The van der Waals surface area contributed by atoms with Crippen LogP contribution in [0.3, 0.4) is 0 Å². The standard InChI is InChI=1S/C12H17N3O2/c1-17-10-3-2-9(6-14-10)7-15-11(16)12(8-13)4-5-12/h2-3,6H,4-5,7-8,13H2,1H3,(H,15,16). The smallest absolute Gasteiger partial charge is 0.227 e. The number of ether oxygens (including phenoxy) is 1. The second kappa shape index (κ2) is 4.71. The van der Waals surface area contributed by atoms with Gasteiger partial charge in [0.05, 0.1) is 12.5 Å². The van der Waals surface area contributed by atoms with Gasteiger partial charge < -0.3 is 15.8 Å². The number of carbonyl (C=O) groups is 1. The number of nitrogens with one attached hydrogen (secondary N) is 1. The molecule has 1 aliphatic carbocycles. The van der Waals surface area contributed by atoms with Crippen LogP contribution in [-0.2, 0) is 11.3 Å². The number of methoxy groups -OCH3 is 1. The molecular weight excluding hydrogens is 218 g/mol. The Bertz CT molecular complexity index is 399. The molecule has 1 aromatic heterocycles. The van der Waals surface area contributed by atoms with Crippen molar-refractivity contribution in [3.63, 3.8) is 0 Å². The van der Waals surface area contributed by atoms with Gasteiger partial charge in [0.2, 0.25) is 11.8 Å². The number of nitrogens with zero attached hydrogens (tertiary/aromatic N) is 1. The molecule has 0 aliphatic heterocycles. The minimum absolute atomic E-state index is 0.0517. The summed E-state index contributed by atoms with van der Waals surface area (Å²) in [6.45, 7) is 0.914. The van der Waals surface area contributed by atoms with Crippen molar-refractivity contribution >= 4 is 5.91 Å². The van der Waals surface area contributed by atoms with Crippen LogP contribution in [0.15, 0.2) is 18.3 Å². The van der Waals surface area contributed by atoms with Gasteiger partial charge in [-0.2, -0.15) is 0 Å². The predicted octanol–water partition coefficient (Wildman–Crippen LogP) is 0.445. The Morgan fingerprint density at radius 2 is 2.35 bits per heavy atom. The van der Waals surface area contributed by atoms with Crippen LogP contribution in [0.25, 0.3) is 0 Å². The van der Waals surface area contributed by atoms with E-state index in [1.807, 2.05) is 6.07 Å². The molecule has 0 atom stereocenters. The van der Waals surface area contributed by atoms with Gasteiger partial charge in [0.25, 0.3) is 0 Å². The largest absolute Gasteiger partial charge is 0.481 e. The molecule has 1 aromatic rings. The summed E-state index contributed by atoms with van der Waals surface area (Å²) in [6, 6.07) is 3.66. The first kappa shape index (κ1) is 11.9. The van der Waals surface area contributed by atoms with E-state index in [-0.39, 0.29) is 11.3 Å². The van der Waals surface area contributed by atoms with E-state index < -0.39 is 0 Å². The number of nitrogens with two attached hydrogens (primary N) is 1. The first-order valence-electron chi connectivity index (χ1n) is 5.67. The van der Waals surface area contributed by atoms with Gasteiger partial charge in [-0.25, -0.2) is 4.98 Å². The third-order valence-corrected chi connectivity index (χ3v) is 3.19. The first-order chi connectivity index (χ1) is 8.20. The zero-order chi connectivity index (χ0) is 12.3. The monoisotopic (exact) mass is 235 g/mol. The second-order valence-electron chi connectivity index (χ2n) is 4.38. The van der Waals surface area contributed by atoms with Crippen LogP contribution in [0.2, 0.25) is 0 Å². The van der Waals surface area contributed by atoms with E-state index in [0.717, 1.165) is 18.4 Å². The van der Waals surface area contributed by atoms with Crippen LogP contribution in [-0.4, -0.2) is 24.5 Å². The zero-order valence-corrected chi connectivity index (χ0v) is 9.90. The van der Waals surface area contributed by atoms with Gasteiger partial charge in [0.15, 0.2) is 0 Å². The summed E-state index contributed by atoms with van der Waals surface area (Å²) in [7, 11) is 1.57. The molecule has 1 saturated carbocycles. The summed E-state index contributed by atoms with van der Waals surface area (Å²) in [5, 5.41) is 2.89. The molecule has 1 aliphatic rings. The van der Waals surface area contributed by atoms with Crippen LogP contribution >= 0.6 is 0 Å². The highest BCUT2D eigenvalue weighted by atomic mass is 16.5. The average molecular weight is 235 g/mol. The Morgan fingerprint density at radius 3 is 2.82 bits per heavy atom. The lowest BCUT2D eigenvalue weighted by Gasteiger charge is -2.12. The molecule has 1 heterocycles. The molecule has 0 saturated heterocycles. The number of amides is 1. The van der Waals surface area contributed by atoms with Crippen LogP contribution in [0.5, 0.6) is 5.88 Å². The van der Waals surface area contributed by atoms with Gasteiger partial charge >= 0.3 is 0 Å². The lowest BCUT2D eigenvalue weighted by atomic mass is 10.1. The number of aromatic nitrogens is 1. The number of hydrogen-bond donors (Lipinski definition) is 2. The summed E-state index contributed by atoms with van der Waals surface area (Å²) in [5.41, 5.74) is 6.25. The molecule has 5 heteroatoms. The quantitative estimate of drug-likeness (QED) is 0.776. The lowest BCUT2D eigenvalue weighted by molar-refractivity contribution is -0.126. The molecule has 0 aromatic carbocycles. The molecule has 0 bridgehead atoms. The lowest BCUT2D eigenvalue weighted by Crippen LogP contribution is -2.36. The molecule has 0 unspecified atom stereocenters. The van der Waals surface area contributed by atoms with E-state index in [1.165, 1.54) is 0 Å². The Hall–Kier alpha value is -1.62. The maximum atomic E-state index is 11.8. The van der Waals surface area contributed by atoms with E-state index in [9.17, 15) is 4.79 Å². The average Bonchev–Trinajstić information content (AvgIpc) is 3.17.